The third kappa shape index (κ3) is 0.605. The fourth-order valence-electron chi connectivity index (χ4n) is 2.89. The molecule has 0 amide bonds. The molecule has 10 heavy (non-hydrogen) atoms. The fraction of sp³-hybridized carbons (Fsp3) is 1.00. The van der Waals surface area contributed by atoms with Gasteiger partial charge in [0, 0.05) is 0 Å². The van der Waals surface area contributed by atoms with Crippen molar-refractivity contribution >= 4 is 0 Å². The first-order chi connectivity index (χ1) is 4.88. The summed E-state index contributed by atoms with van der Waals surface area (Å²) in [6.07, 6.45) is 1.69. The zero-order valence-electron chi connectivity index (χ0n) is 6.11. The molecule has 4 atom stereocenters. The second-order valence-corrected chi connectivity index (χ2v) is 9.35. The maximum atomic E-state index is 2.49. The van der Waals surface area contributed by atoms with Gasteiger partial charge in [-0.2, -0.15) is 0 Å². The van der Waals surface area contributed by atoms with E-state index in [4.69, 9.17) is 0 Å². The molecule has 1 aliphatic heterocycles. The first-order valence-electron chi connectivity index (χ1n) is 3.90. The number of hydrogen-bond acceptors (Lipinski definition) is 0. The average molecular weight is 362 g/mol. The molecule has 4 unspecified atom stereocenters. The van der Waals surface area contributed by atoms with Crippen LogP contribution in [0, 0.1) is 17.3 Å². The fourth-order valence-corrected chi connectivity index (χ4v) is 10.9. The van der Waals surface area contributed by atoms with Crippen molar-refractivity contribution in [3.63, 3.8) is 0 Å². The van der Waals surface area contributed by atoms with Gasteiger partial charge in [0.2, 0.25) is 0 Å². The molecular weight excluding hydrogens is 350 g/mol. The van der Waals surface area contributed by atoms with E-state index >= 15 is 0 Å². The second kappa shape index (κ2) is 2.03. The molecule has 2 saturated carbocycles. The summed E-state index contributed by atoms with van der Waals surface area (Å²) < 4.78 is 4.72. The van der Waals surface area contributed by atoms with E-state index in [9.17, 15) is 0 Å². The van der Waals surface area contributed by atoms with Crippen LogP contribution in [0.3, 0.4) is 0 Å². The predicted octanol–water partition coefficient (Wildman–Crippen LogP) is -5.19. The third-order valence-electron chi connectivity index (χ3n) is 3.59. The van der Waals surface area contributed by atoms with Crippen molar-refractivity contribution in [2.24, 2.45) is 17.3 Å². The zero-order chi connectivity index (χ0) is 6.77. The Kier molecular flexibility index (Phi) is 1.41. The Morgan fingerprint density at radius 3 is 3.20 bits per heavy atom. The van der Waals surface area contributed by atoms with Crippen molar-refractivity contribution in [2.45, 2.75) is 10.3 Å². The number of hydrogen-bond donors (Lipinski definition) is 0. The topological polar surface area (TPSA) is 0 Å². The van der Waals surface area contributed by atoms with Gasteiger partial charge in [0.25, 0.3) is 0 Å². The zero-order valence-corrected chi connectivity index (χ0v) is 10.4. The van der Waals surface area contributed by atoms with Crippen LogP contribution in [0.25, 0.3) is 0 Å². The van der Waals surface area contributed by atoms with Crippen LogP contribution in [-0.4, -0.2) is 17.7 Å². The molecule has 0 radical (unpaired) electrons. The monoisotopic (exact) mass is 362 g/mol. The van der Waals surface area contributed by atoms with Crippen molar-refractivity contribution in [2.75, 3.05) is 13.8 Å². The molecule has 2 aliphatic carbocycles. The van der Waals surface area contributed by atoms with Crippen molar-refractivity contribution in [3.05, 3.63) is 0 Å². The van der Waals surface area contributed by atoms with Crippen molar-refractivity contribution in [1.82, 2.24) is 0 Å². The summed E-state index contributed by atoms with van der Waals surface area (Å²) in [5.41, 5.74) is 1.05. The number of fused-ring (bicyclic) bond motifs is 1. The molecule has 0 aromatic rings. The van der Waals surface area contributed by atoms with Gasteiger partial charge in [-0.05, 0) is 0 Å². The molecule has 3 aliphatic rings. The third-order valence-corrected chi connectivity index (χ3v) is 9.94. The van der Waals surface area contributed by atoms with Crippen LogP contribution < -0.4 is 42.4 Å². The summed E-state index contributed by atoms with van der Waals surface area (Å²) in [5.74, 6) is 2.60. The van der Waals surface area contributed by atoms with Crippen molar-refractivity contribution in [1.29, 1.82) is 0 Å². The molecular formula is C8H12I2-2. The van der Waals surface area contributed by atoms with Crippen LogP contribution in [0.4, 0.5) is 0 Å². The summed E-state index contributed by atoms with van der Waals surface area (Å²) in [5, 5.41) is 0. The minimum absolute atomic E-state index is 0.613. The van der Waals surface area contributed by atoms with Crippen LogP contribution >= 0.6 is 0 Å². The van der Waals surface area contributed by atoms with E-state index in [1.165, 1.54) is 15.8 Å². The molecule has 3 fully saturated rings. The van der Waals surface area contributed by atoms with E-state index in [1.54, 1.807) is 15.3 Å². The number of rotatable bonds is 1. The van der Waals surface area contributed by atoms with Crippen LogP contribution in [0.15, 0.2) is 0 Å². The molecule has 0 aromatic carbocycles. The number of halogens is 2. The van der Waals surface area contributed by atoms with Crippen LogP contribution in [0.1, 0.15) is 6.42 Å². The van der Waals surface area contributed by atoms with Gasteiger partial charge in [-0.25, -0.2) is 0 Å². The van der Waals surface area contributed by atoms with Crippen molar-refractivity contribution < 1.29 is 42.4 Å². The first-order valence-corrected chi connectivity index (χ1v) is 10.4. The van der Waals surface area contributed by atoms with Crippen LogP contribution in [-0.2, 0) is 0 Å². The summed E-state index contributed by atoms with van der Waals surface area (Å²) >= 11 is 1.33. The molecule has 1 spiro atoms. The predicted molar refractivity (Wildman–Crippen MR) is 33.5 cm³/mol. The SMILES string of the molecule is C[I-]C1CC23C[I-]CC2C13. The molecule has 1 heterocycles. The van der Waals surface area contributed by atoms with Gasteiger partial charge in [0.05, 0.1) is 0 Å². The Labute approximate surface area is 83.0 Å². The van der Waals surface area contributed by atoms with E-state index in [1.807, 2.05) is 0 Å². The van der Waals surface area contributed by atoms with E-state index in [0.717, 1.165) is 5.41 Å². The Hall–Kier alpha value is 1.46. The summed E-state index contributed by atoms with van der Waals surface area (Å²) in [7, 11) is 0. The normalized spacial score (nSPS) is 63.9. The Bertz CT molecular complexity index is 180. The Morgan fingerprint density at radius 1 is 1.60 bits per heavy atom. The molecule has 0 aromatic heterocycles. The summed E-state index contributed by atoms with van der Waals surface area (Å²) in [6.45, 7) is 0. The average Bonchev–Trinajstić information content (AvgIpc) is 2.25. The van der Waals surface area contributed by atoms with Gasteiger partial charge in [0.15, 0.2) is 0 Å². The summed E-state index contributed by atoms with van der Waals surface area (Å²) in [4.78, 5) is 2.49. The standard InChI is InChI=1S/C8H12I2/c1-9-6-2-8-4-10-3-5(8)7(6)8/h5-7H,2-4H2,1H3/q-2. The molecule has 1 saturated heterocycles. The Balaban J connectivity index is 1.80. The molecule has 0 bridgehead atoms. The second-order valence-electron chi connectivity index (χ2n) is 3.78. The molecule has 2 heteroatoms. The number of alkyl halides is 4. The van der Waals surface area contributed by atoms with Crippen LogP contribution in [0.5, 0.6) is 0 Å². The van der Waals surface area contributed by atoms with E-state index in [-0.39, 0.29) is 0 Å². The minimum atomic E-state index is 0.613. The quantitative estimate of drug-likeness (QED) is 0.323. The van der Waals surface area contributed by atoms with Gasteiger partial charge in [0.1, 0.15) is 0 Å². The summed E-state index contributed by atoms with van der Waals surface area (Å²) in [6, 6.07) is 0. The van der Waals surface area contributed by atoms with Gasteiger partial charge >= 0.3 is 83.8 Å². The van der Waals surface area contributed by atoms with Gasteiger partial charge < -0.3 is 0 Å². The van der Waals surface area contributed by atoms with E-state index in [2.05, 4.69) is 4.93 Å². The molecule has 0 N–H and O–H groups in total. The first kappa shape index (κ1) is 6.92. The molecule has 60 valence electrons. The molecule has 0 nitrogen and oxygen atoms in total. The van der Waals surface area contributed by atoms with Gasteiger partial charge in [-0.15, -0.1) is 0 Å². The van der Waals surface area contributed by atoms with Crippen molar-refractivity contribution in [3.8, 4) is 0 Å². The molecule has 3 rings (SSSR count). The Morgan fingerprint density at radius 2 is 2.50 bits per heavy atom. The van der Waals surface area contributed by atoms with Crippen LogP contribution in [0.2, 0.25) is 0 Å². The maximum absolute atomic E-state index is 2.49. The van der Waals surface area contributed by atoms with E-state index < -0.39 is 0 Å². The van der Waals surface area contributed by atoms with Gasteiger partial charge in [-0.1, -0.05) is 0 Å². The van der Waals surface area contributed by atoms with Gasteiger partial charge in [-0.3, -0.25) is 0 Å². The van der Waals surface area contributed by atoms with E-state index in [0.29, 0.717) is 42.4 Å².